The van der Waals surface area contributed by atoms with Gasteiger partial charge >= 0.3 is 6.03 Å². The molecule has 77 valence electrons. The van der Waals surface area contributed by atoms with Gasteiger partial charge in [0.15, 0.2) is 5.78 Å². The molecule has 0 saturated heterocycles. The minimum atomic E-state index is -0.489. The second kappa shape index (κ2) is 4.76. The van der Waals surface area contributed by atoms with Gasteiger partial charge in [-0.15, -0.1) is 0 Å². The predicted molar refractivity (Wildman–Crippen MR) is 49.5 cm³/mol. The average Bonchev–Trinajstić information content (AvgIpc) is 2.55. The van der Waals surface area contributed by atoms with Crippen LogP contribution in [0.5, 0.6) is 0 Å². The number of hydrogen-bond acceptors (Lipinski definition) is 3. The molecule has 0 fully saturated rings. The molecule has 5 nitrogen and oxygen atoms in total. The lowest BCUT2D eigenvalue weighted by Gasteiger charge is -2.02. The van der Waals surface area contributed by atoms with Crippen LogP contribution >= 0.6 is 0 Å². The van der Waals surface area contributed by atoms with E-state index in [-0.39, 0.29) is 18.1 Å². The molecule has 0 aromatic rings. The summed E-state index contributed by atoms with van der Waals surface area (Å²) in [7, 11) is 0. The predicted octanol–water partition coefficient (Wildman–Crippen LogP) is 0.541. The third kappa shape index (κ3) is 2.32. The summed E-state index contributed by atoms with van der Waals surface area (Å²) in [6.45, 7) is 4.33. The van der Waals surface area contributed by atoms with Gasteiger partial charge < -0.3 is 10.1 Å². The Hall–Kier alpha value is -1.36. The van der Waals surface area contributed by atoms with Gasteiger partial charge in [0, 0.05) is 13.0 Å². The number of rotatable bonds is 5. The van der Waals surface area contributed by atoms with E-state index in [1.807, 2.05) is 6.92 Å². The van der Waals surface area contributed by atoms with Crippen LogP contribution in [0.15, 0.2) is 11.4 Å². The monoisotopic (exact) mass is 197 g/mol. The zero-order valence-electron chi connectivity index (χ0n) is 8.29. The average molecular weight is 197 g/mol. The highest BCUT2D eigenvalue weighted by atomic mass is 16.5. The van der Waals surface area contributed by atoms with Gasteiger partial charge in [0.05, 0.1) is 12.3 Å². The fourth-order valence-corrected chi connectivity index (χ4v) is 1.09. The summed E-state index contributed by atoms with van der Waals surface area (Å²) in [4.78, 5) is 22.3. The number of hydrogen-bond donors (Lipinski definition) is 1. The van der Waals surface area contributed by atoms with Crippen molar-refractivity contribution in [1.82, 2.24) is 10.6 Å². The molecule has 1 heterocycles. The molecule has 0 aromatic carbocycles. The van der Waals surface area contributed by atoms with E-state index in [0.29, 0.717) is 18.7 Å². The second-order valence-electron chi connectivity index (χ2n) is 2.78. The van der Waals surface area contributed by atoms with Crippen molar-refractivity contribution in [2.75, 3.05) is 13.2 Å². The smallest absolute Gasteiger partial charge is 0.345 e. The highest BCUT2D eigenvalue weighted by Gasteiger charge is 2.26. The Morgan fingerprint density at radius 1 is 1.50 bits per heavy atom. The molecule has 1 aliphatic rings. The number of nitrogens with one attached hydrogen (secondary N) is 1. The molecule has 14 heavy (non-hydrogen) atoms. The number of urea groups is 1. The Labute approximate surface area is 82.5 Å². The molecule has 1 aliphatic heterocycles. The summed E-state index contributed by atoms with van der Waals surface area (Å²) in [5.74, 6) is -0.141. The van der Waals surface area contributed by atoms with Gasteiger partial charge in [-0.1, -0.05) is 6.92 Å². The van der Waals surface area contributed by atoms with Gasteiger partial charge in [-0.25, -0.2) is 4.79 Å². The zero-order chi connectivity index (χ0) is 10.6. The van der Waals surface area contributed by atoms with E-state index in [1.165, 1.54) is 0 Å². The first-order valence-corrected chi connectivity index (χ1v) is 4.55. The number of carbonyl (C=O) groups excluding carboxylic acids is 2. The van der Waals surface area contributed by atoms with Crippen LogP contribution in [0.3, 0.4) is 0 Å². The largest absolute Gasteiger partial charge is 0.375 e. The number of ether oxygens (including phenoxy) is 1. The molecule has 5 heteroatoms. The number of carbonyl (C=O) groups is 2. The Bertz CT molecular complexity index is 284. The summed E-state index contributed by atoms with van der Waals surface area (Å²) in [5, 5.41) is 6.08. The summed E-state index contributed by atoms with van der Waals surface area (Å²) in [6.07, 6.45) is 0.337. The Morgan fingerprint density at radius 3 is 2.79 bits per heavy atom. The van der Waals surface area contributed by atoms with Gasteiger partial charge in [0.25, 0.3) is 0 Å². The van der Waals surface area contributed by atoms with Gasteiger partial charge in [-0.2, -0.15) is 5.32 Å². The number of ketones is 1. The quantitative estimate of drug-likeness (QED) is 0.699. The molecule has 0 atom stereocenters. The van der Waals surface area contributed by atoms with Crippen LogP contribution in [0, 0.1) is 0 Å². The van der Waals surface area contributed by atoms with Gasteiger partial charge in [0.2, 0.25) is 0 Å². The number of allylic oxidation sites excluding steroid dienone is 1. The molecule has 0 aliphatic carbocycles. The molecule has 1 radical (unpaired) electrons. The molecule has 0 unspecified atom stereocenters. The Kier molecular flexibility index (Phi) is 3.64. The number of amides is 2. The minimum Gasteiger partial charge on any atom is -0.375 e. The van der Waals surface area contributed by atoms with Crippen molar-refractivity contribution < 1.29 is 14.3 Å². The van der Waals surface area contributed by atoms with E-state index in [1.54, 1.807) is 6.92 Å². The number of nitrogens with zero attached hydrogens (tertiary/aromatic N) is 1. The highest BCUT2D eigenvalue weighted by molar-refractivity contribution is 6.02. The first kappa shape index (κ1) is 10.7. The van der Waals surface area contributed by atoms with E-state index in [2.05, 4.69) is 10.6 Å². The second-order valence-corrected chi connectivity index (χ2v) is 2.78. The zero-order valence-corrected chi connectivity index (χ0v) is 8.29. The first-order valence-electron chi connectivity index (χ1n) is 4.55. The summed E-state index contributed by atoms with van der Waals surface area (Å²) < 4.78 is 5.11. The van der Waals surface area contributed by atoms with E-state index in [0.717, 1.165) is 0 Å². The fraction of sp³-hybridized carbons (Fsp3) is 0.556. The standard InChI is InChI=1S/C9H13N2O3/c1-3-7(12)8-6(5-14-4-2)10-9(13)11-8/h3-5H2,1-2H3,(H,10,13). The lowest BCUT2D eigenvalue weighted by molar-refractivity contribution is -0.115. The molecule has 0 bridgehead atoms. The molecular weight excluding hydrogens is 184 g/mol. The van der Waals surface area contributed by atoms with E-state index >= 15 is 0 Å². The summed E-state index contributed by atoms with van der Waals surface area (Å²) in [5.41, 5.74) is 0.689. The van der Waals surface area contributed by atoms with Crippen LogP contribution in [0.4, 0.5) is 4.79 Å². The SMILES string of the molecule is CCOCC1=C(C(=O)CC)[N]C(=O)N1. The van der Waals surface area contributed by atoms with Gasteiger partial charge in [0.1, 0.15) is 5.70 Å². The third-order valence-corrected chi connectivity index (χ3v) is 1.79. The molecule has 2 amide bonds. The first-order chi connectivity index (χ1) is 6.69. The van der Waals surface area contributed by atoms with Crippen molar-refractivity contribution in [3.8, 4) is 0 Å². The lowest BCUT2D eigenvalue weighted by Crippen LogP contribution is -2.20. The van der Waals surface area contributed by atoms with Crippen molar-refractivity contribution in [2.45, 2.75) is 20.3 Å². The molecule has 0 spiro atoms. The maximum absolute atomic E-state index is 11.3. The van der Waals surface area contributed by atoms with Gasteiger partial charge in [-0.05, 0) is 6.92 Å². The summed E-state index contributed by atoms with van der Waals surface area (Å²) >= 11 is 0. The van der Waals surface area contributed by atoms with Crippen molar-refractivity contribution in [2.24, 2.45) is 0 Å². The Morgan fingerprint density at radius 2 is 2.21 bits per heavy atom. The molecular formula is C9H13N2O3. The van der Waals surface area contributed by atoms with Crippen molar-refractivity contribution in [1.29, 1.82) is 0 Å². The van der Waals surface area contributed by atoms with Crippen molar-refractivity contribution in [3.63, 3.8) is 0 Å². The topological polar surface area (TPSA) is 69.5 Å². The van der Waals surface area contributed by atoms with Gasteiger partial charge in [-0.3, -0.25) is 4.79 Å². The van der Waals surface area contributed by atoms with Crippen LogP contribution in [0.2, 0.25) is 0 Å². The lowest BCUT2D eigenvalue weighted by atomic mass is 10.2. The van der Waals surface area contributed by atoms with E-state index in [9.17, 15) is 9.59 Å². The number of Topliss-reactive ketones (excluding diaryl/α,β-unsaturated/α-hetero) is 1. The van der Waals surface area contributed by atoms with Crippen LogP contribution < -0.4 is 10.6 Å². The fourth-order valence-electron chi connectivity index (χ4n) is 1.09. The molecule has 0 saturated carbocycles. The van der Waals surface area contributed by atoms with Crippen LogP contribution in [0.25, 0.3) is 0 Å². The normalized spacial score (nSPS) is 15.4. The molecule has 1 rings (SSSR count). The van der Waals surface area contributed by atoms with Crippen LogP contribution in [0.1, 0.15) is 20.3 Å². The van der Waals surface area contributed by atoms with Crippen LogP contribution in [-0.4, -0.2) is 25.0 Å². The maximum Gasteiger partial charge on any atom is 0.345 e. The Balaban J connectivity index is 2.72. The third-order valence-electron chi connectivity index (χ3n) is 1.79. The highest BCUT2D eigenvalue weighted by Crippen LogP contribution is 2.10. The van der Waals surface area contributed by atoms with Crippen LogP contribution in [-0.2, 0) is 9.53 Å². The van der Waals surface area contributed by atoms with Crippen molar-refractivity contribution in [3.05, 3.63) is 11.4 Å². The molecule has 0 aromatic heterocycles. The summed E-state index contributed by atoms with van der Waals surface area (Å²) in [6, 6.07) is -0.489. The van der Waals surface area contributed by atoms with E-state index in [4.69, 9.17) is 4.74 Å². The maximum atomic E-state index is 11.3. The molecule has 1 N–H and O–H groups in total. The minimum absolute atomic E-state index is 0.141. The van der Waals surface area contributed by atoms with E-state index < -0.39 is 6.03 Å². The van der Waals surface area contributed by atoms with Crippen molar-refractivity contribution >= 4 is 11.8 Å².